The monoisotopic (exact) mass is 137 g/mol. The number of nitrogens with two attached hydrogens (primary N) is 1. The van der Waals surface area contributed by atoms with Crippen molar-refractivity contribution in [1.29, 1.82) is 0 Å². The van der Waals surface area contributed by atoms with Crippen LogP contribution in [0.2, 0.25) is 0 Å². The van der Waals surface area contributed by atoms with Gasteiger partial charge in [0.15, 0.2) is 0 Å². The molecule has 3 heteroatoms. The Hall–Kier alpha value is -0.830. The Balaban J connectivity index is 2.41. The van der Waals surface area contributed by atoms with Crippen LogP contribution in [0.15, 0.2) is 12.5 Å². The lowest BCUT2D eigenvalue weighted by molar-refractivity contribution is 0.463. The summed E-state index contributed by atoms with van der Waals surface area (Å²) in [4.78, 5) is 4.04. The average molecular weight is 137 g/mol. The minimum atomic E-state index is 0.219. The summed E-state index contributed by atoms with van der Waals surface area (Å²) in [6.07, 6.45) is 6.01. The number of imidazole rings is 1. The van der Waals surface area contributed by atoms with Crippen molar-refractivity contribution in [1.82, 2.24) is 9.55 Å². The summed E-state index contributed by atoms with van der Waals surface area (Å²) in [7, 11) is 0. The molecular weight excluding hydrogens is 126 g/mol. The van der Waals surface area contributed by atoms with E-state index in [1.165, 1.54) is 12.1 Å². The van der Waals surface area contributed by atoms with Crippen LogP contribution in [-0.2, 0) is 6.54 Å². The standard InChI is InChI=1S/C7H11N3/c8-6-2-1-3-10-5-9-4-7(6)10/h4-6H,1-3,8H2. The number of hydrogen-bond donors (Lipinski definition) is 1. The van der Waals surface area contributed by atoms with E-state index in [1.807, 2.05) is 12.5 Å². The molecule has 2 N–H and O–H groups in total. The molecule has 0 saturated heterocycles. The molecule has 54 valence electrons. The van der Waals surface area contributed by atoms with Crippen molar-refractivity contribution < 1.29 is 0 Å². The predicted molar refractivity (Wildman–Crippen MR) is 38.4 cm³/mol. The number of aromatic nitrogens is 2. The highest BCUT2D eigenvalue weighted by Crippen LogP contribution is 2.20. The van der Waals surface area contributed by atoms with E-state index in [0.29, 0.717) is 0 Å². The van der Waals surface area contributed by atoms with Crippen molar-refractivity contribution in [2.75, 3.05) is 0 Å². The van der Waals surface area contributed by atoms with E-state index in [1.54, 1.807) is 0 Å². The summed E-state index contributed by atoms with van der Waals surface area (Å²) in [6.45, 7) is 1.09. The maximum Gasteiger partial charge on any atom is 0.0948 e. The van der Waals surface area contributed by atoms with Gasteiger partial charge in [0.2, 0.25) is 0 Å². The minimum Gasteiger partial charge on any atom is -0.333 e. The van der Waals surface area contributed by atoms with E-state index in [2.05, 4.69) is 9.55 Å². The lowest BCUT2D eigenvalue weighted by Crippen LogP contribution is -2.20. The molecule has 0 aromatic carbocycles. The third kappa shape index (κ3) is 0.743. The van der Waals surface area contributed by atoms with Gasteiger partial charge in [-0.2, -0.15) is 0 Å². The third-order valence-corrected chi connectivity index (χ3v) is 2.04. The van der Waals surface area contributed by atoms with Crippen LogP contribution in [0.3, 0.4) is 0 Å². The van der Waals surface area contributed by atoms with Crippen molar-refractivity contribution in [2.45, 2.75) is 25.4 Å². The average Bonchev–Trinajstić information content (AvgIpc) is 2.36. The molecule has 0 radical (unpaired) electrons. The van der Waals surface area contributed by atoms with E-state index in [-0.39, 0.29) is 6.04 Å². The lowest BCUT2D eigenvalue weighted by Gasteiger charge is -2.19. The van der Waals surface area contributed by atoms with Gasteiger partial charge in [-0.25, -0.2) is 4.98 Å². The van der Waals surface area contributed by atoms with Crippen molar-refractivity contribution in [3.05, 3.63) is 18.2 Å². The quantitative estimate of drug-likeness (QED) is 0.571. The number of hydrogen-bond acceptors (Lipinski definition) is 2. The zero-order valence-corrected chi connectivity index (χ0v) is 5.83. The van der Waals surface area contributed by atoms with E-state index in [0.717, 1.165) is 13.0 Å². The van der Waals surface area contributed by atoms with E-state index < -0.39 is 0 Å². The van der Waals surface area contributed by atoms with Crippen LogP contribution >= 0.6 is 0 Å². The second-order valence-corrected chi connectivity index (χ2v) is 2.76. The molecule has 3 nitrogen and oxygen atoms in total. The van der Waals surface area contributed by atoms with Crippen LogP contribution in [0.1, 0.15) is 24.6 Å². The Labute approximate surface area is 59.9 Å². The van der Waals surface area contributed by atoms with Gasteiger partial charge in [0.05, 0.1) is 12.0 Å². The molecule has 0 bridgehead atoms. The molecule has 1 aromatic rings. The first-order chi connectivity index (χ1) is 4.88. The third-order valence-electron chi connectivity index (χ3n) is 2.04. The highest BCUT2D eigenvalue weighted by molar-refractivity contribution is 5.06. The Kier molecular flexibility index (Phi) is 1.24. The van der Waals surface area contributed by atoms with Crippen LogP contribution in [0.4, 0.5) is 0 Å². The fraction of sp³-hybridized carbons (Fsp3) is 0.571. The highest BCUT2D eigenvalue weighted by atomic mass is 15.1. The molecule has 0 aliphatic carbocycles. The first-order valence-electron chi connectivity index (χ1n) is 3.63. The van der Waals surface area contributed by atoms with Gasteiger partial charge >= 0.3 is 0 Å². The zero-order chi connectivity index (χ0) is 6.97. The molecule has 1 unspecified atom stereocenters. The lowest BCUT2D eigenvalue weighted by atomic mass is 10.1. The van der Waals surface area contributed by atoms with Crippen molar-refractivity contribution in [3.63, 3.8) is 0 Å². The zero-order valence-electron chi connectivity index (χ0n) is 5.83. The predicted octanol–water partition coefficient (Wildman–Crippen LogP) is 0.677. The molecule has 0 amide bonds. The van der Waals surface area contributed by atoms with Crippen molar-refractivity contribution in [3.8, 4) is 0 Å². The molecule has 10 heavy (non-hydrogen) atoms. The van der Waals surface area contributed by atoms with E-state index in [9.17, 15) is 0 Å². The molecule has 2 heterocycles. The second-order valence-electron chi connectivity index (χ2n) is 2.76. The first kappa shape index (κ1) is 5.92. The molecule has 1 aliphatic rings. The maximum atomic E-state index is 5.83. The van der Waals surface area contributed by atoms with E-state index >= 15 is 0 Å². The number of nitrogens with zero attached hydrogens (tertiary/aromatic N) is 2. The van der Waals surface area contributed by atoms with Gasteiger partial charge < -0.3 is 10.3 Å². The Morgan fingerprint density at radius 3 is 3.40 bits per heavy atom. The normalized spacial score (nSPS) is 24.3. The SMILES string of the molecule is NC1CCCn2cncc21. The Morgan fingerprint density at radius 2 is 2.60 bits per heavy atom. The molecule has 2 rings (SSSR count). The summed E-state index contributed by atoms with van der Waals surface area (Å²) in [6, 6.07) is 0.219. The molecule has 1 atom stereocenters. The summed E-state index contributed by atoms with van der Waals surface area (Å²) < 4.78 is 2.13. The van der Waals surface area contributed by atoms with Gasteiger partial charge in [-0.1, -0.05) is 0 Å². The topological polar surface area (TPSA) is 43.8 Å². The fourth-order valence-electron chi connectivity index (χ4n) is 1.46. The van der Waals surface area contributed by atoms with Crippen LogP contribution in [0.5, 0.6) is 0 Å². The summed E-state index contributed by atoms with van der Waals surface area (Å²) in [5, 5.41) is 0. The van der Waals surface area contributed by atoms with Crippen LogP contribution < -0.4 is 5.73 Å². The first-order valence-corrected chi connectivity index (χ1v) is 3.63. The Morgan fingerprint density at radius 1 is 1.70 bits per heavy atom. The molecule has 0 spiro atoms. The van der Waals surface area contributed by atoms with Gasteiger partial charge in [-0.15, -0.1) is 0 Å². The number of rotatable bonds is 0. The maximum absolute atomic E-state index is 5.83. The molecule has 0 saturated carbocycles. The molecule has 0 fully saturated rings. The smallest absolute Gasteiger partial charge is 0.0948 e. The van der Waals surface area contributed by atoms with E-state index in [4.69, 9.17) is 5.73 Å². The fourth-order valence-corrected chi connectivity index (χ4v) is 1.46. The molecule has 1 aliphatic heterocycles. The van der Waals surface area contributed by atoms with Crippen molar-refractivity contribution >= 4 is 0 Å². The summed E-state index contributed by atoms with van der Waals surface area (Å²) in [5.74, 6) is 0. The van der Waals surface area contributed by atoms with Crippen LogP contribution in [0.25, 0.3) is 0 Å². The van der Waals surface area contributed by atoms with Gasteiger partial charge in [0, 0.05) is 18.8 Å². The van der Waals surface area contributed by atoms with Gasteiger partial charge in [0.1, 0.15) is 0 Å². The number of aryl methyl sites for hydroxylation is 1. The summed E-state index contributed by atoms with van der Waals surface area (Å²) in [5.41, 5.74) is 7.02. The minimum absolute atomic E-state index is 0.219. The van der Waals surface area contributed by atoms with Gasteiger partial charge in [-0.3, -0.25) is 0 Å². The van der Waals surface area contributed by atoms with Crippen molar-refractivity contribution in [2.24, 2.45) is 5.73 Å². The second kappa shape index (κ2) is 2.09. The Bertz CT molecular complexity index is 229. The highest BCUT2D eigenvalue weighted by Gasteiger charge is 2.15. The van der Waals surface area contributed by atoms with Gasteiger partial charge in [-0.05, 0) is 12.8 Å². The largest absolute Gasteiger partial charge is 0.333 e. The summed E-state index contributed by atoms with van der Waals surface area (Å²) >= 11 is 0. The number of fused-ring (bicyclic) bond motifs is 1. The van der Waals surface area contributed by atoms with Crippen LogP contribution in [-0.4, -0.2) is 9.55 Å². The van der Waals surface area contributed by atoms with Crippen LogP contribution in [0, 0.1) is 0 Å². The molecular formula is C7H11N3. The molecule has 1 aromatic heterocycles. The van der Waals surface area contributed by atoms with Gasteiger partial charge in [0.25, 0.3) is 0 Å².